The lowest BCUT2D eigenvalue weighted by Crippen LogP contribution is -2.11. The average Bonchev–Trinajstić information content (AvgIpc) is 2.47. The summed E-state index contributed by atoms with van der Waals surface area (Å²) >= 11 is 0. The minimum Gasteiger partial charge on any atom is -0.249 e. The van der Waals surface area contributed by atoms with E-state index in [4.69, 9.17) is 5.26 Å². The van der Waals surface area contributed by atoms with Gasteiger partial charge in [0.05, 0.1) is 18.2 Å². The molecule has 0 unspecified atom stereocenters. The average molecular weight is 206 g/mol. The summed E-state index contributed by atoms with van der Waals surface area (Å²) in [5.41, 5.74) is 1.93. The molecule has 15 heavy (non-hydrogen) atoms. The molecule has 0 aromatic carbocycles. The van der Waals surface area contributed by atoms with Crippen LogP contribution in [-0.4, -0.2) is 15.0 Å². The van der Waals surface area contributed by atoms with E-state index in [-0.39, 0.29) is 0 Å². The highest BCUT2D eigenvalue weighted by Crippen LogP contribution is 2.18. The fourth-order valence-electron chi connectivity index (χ4n) is 1.67. The first-order valence-electron chi connectivity index (χ1n) is 5.35. The smallest absolute Gasteiger partial charge is 0.100 e. The van der Waals surface area contributed by atoms with Gasteiger partial charge in [0.25, 0.3) is 0 Å². The Balaban J connectivity index is 3.02. The fourth-order valence-corrected chi connectivity index (χ4v) is 1.67. The van der Waals surface area contributed by atoms with Crippen LogP contribution >= 0.6 is 0 Å². The summed E-state index contributed by atoms with van der Waals surface area (Å²) in [5, 5.41) is 16.9. The van der Waals surface area contributed by atoms with Crippen LogP contribution in [0.15, 0.2) is 0 Å². The maximum absolute atomic E-state index is 8.69. The molecule has 1 aromatic heterocycles. The van der Waals surface area contributed by atoms with Crippen LogP contribution in [0.1, 0.15) is 45.0 Å². The predicted octanol–water partition coefficient (Wildman–Crippen LogP) is 2.12. The van der Waals surface area contributed by atoms with Gasteiger partial charge < -0.3 is 0 Å². The summed E-state index contributed by atoms with van der Waals surface area (Å²) in [6, 6.07) is 2.13. The van der Waals surface area contributed by atoms with E-state index in [1.807, 2.05) is 4.68 Å². The van der Waals surface area contributed by atoms with Gasteiger partial charge in [-0.3, -0.25) is 0 Å². The number of hydrogen-bond acceptors (Lipinski definition) is 3. The molecule has 0 radical (unpaired) electrons. The largest absolute Gasteiger partial charge is 0.249 e. The van der Waals surface area contributed by atoms with Crippen molar-refractivity contribution in [2.24, 2.45) is 5.92 Å². The van der Waals surface area contributed by atoms with Crippen LogP contribution in [0.25, 0.3) is 0 Å². The zero-order valence-electron chi connectivity index (χ0n) is 9.86. The molecule has 1 aromatic rings. The first-order chi connectivity index (χ1) is 7.06. The Hall–Kier alpha value is -1.37. The molecule has 0 N–H and O–H groups in total. The molecule has 0 saturated carbocycles. The van der Waals surface area contributed by atoms with Crippen LogP contribution in [0.3, 0.4) is 0 Å². The summed E-state index contributed by atoms with van der Waals surface area (Å²) in [5.74, 6) is 0.904. The summed E-state index contributed by atoms with van der Waals surface area (Å²) in [6.45, 7) is 9.38. The van der Waals surface area contributed by atoms with E-state index < -0.39 is 0 Å². The highest BCUT2D eigenvalue weighted by atomic mass is 15.4. The van der Waals surface area contributed by atoms with E-state index >= 15 is 0 Å². The van der Waals surface area contributed by atoms with E-state index in [0.717, 1.165) is 17.9 Å². The van der Waals surface area contributed by atoms with Gasteiger partial charge in [-0.25, -0.2) is 4.68 Å². The maximum atomic E-state index is 8.69. The van der Waals surface area contributed by atoms with Gasteiger partial charge in [0.1, 0.15) is 5.69 Å². The van der Waals surface area contributed by atoms with Crippen molar-refractivity contribution in [1.29, 1.82) is 5.26 Å². The van der Waals surface area contributed by atoms with Crippen LogP contribution in [0, 0.1) is 17.2 Å². The maximum Gasteiger partial charge on any atom is 0.100 e. The molecule has 0 aliphatic heterocycles. The Morgan fingerprint density at radius 1 is 1.33 bits per heavy atom. The lowest BCUT2D eigenvalue weighted by molar-refractivity contribution is 0.452. The summed E-state index contributed by atoms with van der Waals surface area (Å²) in [6.07, 6.45) is 0.353. The highest BCUT2D eigenvalue weighted by molar-refractivity contribution is 5.17. The molecule has 0 atom stereocenters. The van der Waals surface area contributed by atoms with E-state index in [1.165, 1.54) is 0 Å². The Labute approximate surface area is 90.9 Å². The topological polar surface area (TPSA) is 54.5 Å². The number of hydrogen-bond donors (Lipinski definition) is 0. The molecule has 0 aliphatic rings. The Kier molecular flexibility index (Phi) is 3.84. The number of aromatic nitrogens is 3. The minimum atomic E-state index is 0.353. The monoisotopic (exact) mass is 206 g/mol. The summed E-state index contributed by atoms with van der Waals surface area (Å²) < 4.78 is 1.93. The van der Waals surface area contributed by atoms with Crippen LogP contribution < -0.4 is 0 Å². The molecule has 0 saturated heterocycles. The van der Waals surface area contributed by atoms with E-state index in [2.05, 4.69) is 44.1 Å². The van der Waals surface area contributed by atoms with Crippen LogP contribution in [0.2, 0.25) is 0 Å². The molecule has 0 bridgehead atoms. The first kappa shape index (κ1) is 11.7. The van der Waals surface area contributed by atoms with Crippen molar-refractivity contribution in [2.75, 3.05) is 0 Å². The standard InChI is InChI=1S/C11H18N4/c1-8(2)7-15-11(9(3)4)10(5-6-12)13-14-15/h8-9H,5,7H2,1-4H3. The first-order valence-corrected chi connectivity index (χ1v) is 5.35. The van der Waals surface area contributed by atoms with Crippen LogP contribution in [-0.2, 0) is 13.0 Å². The molecule has 0 amide bonds. The molecule has 82 valence electrons. The van der Waals surface area contributed by atoms with Crippen molar-refractivity contribution in [1.82, 2.24) is 15.0 Å². The van der Waals surface area contributed by atoms with Crippen molar-refractivity contribution in [3.05, 3.63) is 11.4 Å². The van der Waals surface area contributed by atoms with Gasteiger partial charge in [-0.1, -0.05) is 32.9 Å². The van der Waals surface area contributed by atoms with Gasteiger partial charge >= 0.3 is 0 Å². The van der Waals surface area contributed by atoms with Crippen molar-refractivity contribution in [3.8, 4) is 6.07 Å². The number of nitrogens with zero attached hydrogens (tertiary/aromatic N) is 4. The zero-order chi connectivity index (χ0) is 11.4. The van der Waals surface area contributed by atoms with Crippen molar-refractivity contribution >= 4 is 0 Å². The molecule has 0 aliphatic carbocycles. The van der Waals surface area contributed by atoms with Crippen LogP contribution in [0.5, 0.6) is 0 Å². The molecule has 4 heteroatoms. The second kappa shape index (κ2) is 4.92. The Morgan fingerprint density at radius 3 is 2.47 bits per heavy atom. The van der Waals surface area contributed by atoms with Gasteiger partial charge in [-0.15, -0.1) is 5.10 Å². The second-order valence-corrected chi connectivity index (χ2v) is 4.49. The number of rotatable bonds is 4. The molecule has 0 spiro atoms. The van der Waals surface area contributed by atoms with E-state index in [9.17, 15) is 0 Å². The summed E-state index contributed by atoms with van der Waals surface area (Å²) in [4.78, 5) is 0. The van der Waals surface area contributed by atoms with Gasteiger partial charge in [0, 0.05) is 6.54 Å². The molecular formula is C11H18N4. The predicted molar refractivity (Wildman–Crippen MR) is 58.3 cm³/mol. The minimum absolute atomic E-state index is 0.353. The third kappa shape index (κ3) is 2.79. The normalized spacial score (nSPS) is 11.0. The molecule has 1 heterocycles. The Bertz CT molecular complexity index is 357. The van der Waals surface area contributed by atoms with Crippen molar-refractivity contribution in [3.63, 3.8) is 0 Å². The highest BCUT2D eigenvalue weighted by Gasteiger charge is 2.16. The van der Waals surface area contributed by atoms with Gasteiger partial charge in [-0.2, -0.15) is 5.26 Å². The SMILES string of the molecule is CC(C)Cn1nnc(CC#N)c1C(C)C. The lowest BCUT2D eigenvalue weighted by atomic mass is 10.1. The van der Waals surface area contributed by atoms with E-state index in [0.29, 0.717) is 18.3 Å². The summed E-state index contributed by atoms with van der Waals surface area (Å²) in [7, 11) is 0. The molecular weight excluding hydrogens is 188 g/mol. The molecule has 1 rings (SSSR count). The number of nitriles is 1. The third-order valence-corrected chi connectivity index (χ3v) is 2.18. The van der Waals surface area contributed by atoms with Crippen LogP contribution in [0.4, 0.5) is 0 Å². The lowest BCUT2D eigenvalue weighted by Gasteiger charge is -2.11. The molecule has 4 nitrogen and oxygen atoms in total. The van der Waals surface area contributed by atoms with E-state index in [1.54, 1.807) is 0 Å². The van der Waals surface area contributed by atoms with Gasteiger partial charge in [0.2, 0.25) is 0 Å². The van der Waals surface area contributed by atoms with Crippen molar-refractivity contribution < 1.29 is 0 Å². The Morgan fingerprint density at radius 2 is 2.00 bits per heavy atom. The third-order valence-electron chi connectivity index (χ3n) is 2.18. The fraction of sp³-hybridized carbons (Fsp3) is 0.727. The molecule has 0 fully saturated rings. The van der Waals surface area contributed by atoms with Gasteiger partial charge in [-0.05, 0) is 11.8 Å². The quantitative estimate of drug-likeness (QED) is 0.758. The second-order valence-electron chi connectivity index (χ2n) is 4.49. The van der Waals surface area contributed by atoms with Crippen molar-refractivity contribution in [2.45, 2.75) is 46.6 Å². The zero-order valence-corrected chi connectivity index (χ0v) is 9.86. The van der Waals surface area contributed by atoms with Gasteiger partial charge in [0.15, 0.2) is 0 Å².